The van der Waals surface area contributed by atoms with Crippen LogP contribution in [-0.4, -0.2) is 35.2 Å². The predicted molar refractivity (Wildman–Crippen MR) is 109 cm³/mol. The number of rotatable bonds is 8. The highest BCUT2D eigenvalue weighted by molar-refractivity contribution is 5.98. The van der Waals surface area contributed by atoms with Gasteiger partial charge in [0.05, 0.1) is 12.2 Å². The molecule has 0 unspecified atom stereocenters. The Kier molecular flexibility index (Phi) is 6.79. The molecule has 0 aliphatic rings. The summed E-state index contributed by atoms with van der Waals surface area (Å²) in [7, 11) is 0. The zero-order valence-corrected chi connectivity index (χ0v) is 17.0. The molecule has 0 aliphatic carbocycles. The van der Waals surface area contributed by atoms with Crippen molar-refractivity contribution in [2.24, 2.45) is 0 Å². The Bertz CT molecular complexity index is 1010. The van der Waals surface area contributed by atoms with E-state index in [0.717, 1.165) is 11.1 Å². The van der Waals surface area contributed by atoms with Crippen LogP contribution in [0.2, 0.25) is 0 Å². The van der Waals surface area contributed by atoms with E-state index in [4.69, 9.17) is 13.9 Å². The topological polar surface area (TPSA) is 104 Å². The van der Waals surface area contributed by atoms with Gasteiger partial charge in [-0.1, -0.05) is 29.8 Å². The Morgan fingerprint density at radius 2 is 1.83 bits per heavy atom. The van der Waals surface area contributed by atoms with Gasteiger partial charge in [-0.05, 0) is 45.0 Å². The van der Waals surface area contributed by atoms with Crippen LogP contribution < -0.4 is 10.1 Å². The van der Waals surface area contributed by atoms with Gasteiger partial charge in [-0.2, -0.15) is 0 Å². The number of para-hydroxylation sites is 1. The molecular formula is C22H23N3O5. The van der Waals surface area contributed by atoms with Crippen molar-refractivity contribution in [3.63, 3.8) is 0 Å². The van der Waals surface area contributed by atoms with Crippen LogP contribution >= 0.6 is 0 Å². The first-order valence-corrected chi connectivity index (χ1v) is 9.58. The number of nitrogens with one attached hydrogen (secondary N) is 1. The summed E-state index contributed by atoms with van der Waals surface area (Å²) < 4.78 is 16.3. The van der Waals surface area contributed by atoms with Crippen molar-refractivity contribution in [2.75, 3.05) is 13.2 Å². The van der Waals surface area contributed by atoms with Gasteiger partial charge in [-0.3, -0.25) is 9.59 Å². The monoisotopic (exact) mass is 409 g/mol. The lowest BCUT2D eigenvalue weighted by Gasteiger charge is -2.12. The van der Waals surface area contributed by atoms with Gasteiger partial charge < -0.3 is 19.2 Å². The maximum Gasteiger partial charge on any atom is 0.326 e. The molecule has 1 amide bonds. The van der Waals surface area contributed by atoms with E-state index in [1.165, 1.54) is 0 Å². The second-order valence-corrected chi connectivity index (χ2v) is 6.56. The van der Waals surface area contributed by atoms with Crippen molar-refractivity contribution in [1.82, 2.24) is 15.5 Å². The van der Waals surface area contributed by atoms with Gasteiger partial charge in [0.25, 0.3) is 11.8 Å². The number of nitrogens with zero attached hydrogens (tertiary/aromatic N) is 2. The second kappa shape index (κ2) is 9.69. The van der Waals surface area contributed by atoms with Crippen molar-refractivity contribution >= 4 is 11.9 Å². The van der Waals surface area contributed by atoms with E-state index >= 15 is 0 Å². The molecule has 3 rings (SSSR count). The standard InChI is InChI=1S/C22H23N3O5/c1-4-28-18-8-6-5-7-17(18)20(27)23-13-19(26)29-15(3)21-24-25-22(30-21)16-11-9-14(2)10-12-16/h5-12,15H,4,13H2,1-3H3,(H,23,27)/t15-/m1/s1. The van der Waals surface area contributed by atoms with E-state index in [2.05, 4.69) is 15.5 Å². The number of esters is 1. The minimum Gasteiger partial charge on any atom is -0.493 e. The van der Waals surface area contributed by atoms with Crippen LogP contribution in [0.15, 0.2) is 52.9 Å². The molecule has 0 saturated heterocycles. The summed E-state index contributed by atoms with van der Waals surface area (Å²) in [6.07, 6.45) is -0.753. The summed E-state index contributed by atoms with van der Waals surface area (Å²) in [5, 5.41) is 10.5. The Labute approximate surface area is 174 Å². The Morgan fingerprint density at radius 1 is 1.10 bits per heavy atom. The van der Waals surface area contributed by atoms with Gasteiger partial charge in [0.1, 0.15) is 12.3 Å². The summed E-state index contributed by atoms with van der Waals surface area (Å²) in [5.74, 6) is -0.0858. The molecule has 0 fully saturated rings. The second-order valence-electron chi connectivity index (χ2n) is 6.56. The minimum atomic E-state index is -0.753. The fraction of sp³-hybridized carbons (Fsp3) is 0.273. The van der Waals surface area contributed by atoms with Crippen LogP contribution in [0.5, 0.6) is 5.75 Å². The summed E-state index contributed by atoms with van der Waals surface area (Å²) in [6, 6.07) is 14.4. The zero-order valence-electron chi connectivity index (χ0n) is 17.0. The lowest BCUT2D eigenvalue weighted by Crippen LogP contribution is -2.31. The van der Waals surface area contributed by atoms with E-state index in [0.29, 0.717) is 23.8 Å². The van der Waals surface area contributed by atoms with E-state index in [-0.39, 0.29) is 12.4 Å². The Morgan fingerprint density at radius 3 is 2.57 bits per heavy atom. The summed E-state index contributed by atoms with van der Waals surface area (Å²) in [5.41, 5.74) is 2.24. The number of carbonyl (C=O) groups is 2. The number of amides is 1. The molecule has 1 N–H and O–H groups in total. The van der Waals surface area contributed by atoms with Crippen LogP contribution in [0.3, 0.4) is 0 Å². The number of ether oxygens (including phenoxy) is 2. The average Bonchev–Trinajstić information content (AvgIpc) is 3.24. The van der Waals surface area contributed by atoms with Gasteiger partial charge in [0, 0.05) is 5.56 Å². The fourth-order valence-electron chi connectivity index (χ4n) is 2.68. The third-order valence-corrected chi connectivity index (χ3v) is 4.22. The van der Waals surface area contributed by atoms with E-state index in [1.807, 2.05) is 38.1 Å². The lowest BCUT2D eigenvalue weighted by atomic mass is 10.1. The van der Waals surface area contributed by atoms with Gasteiger partial charge in [0.2, 0.25) is 5.89 Å². The molecule has 0 bridgehead atoms. The van der Waals surface area contributed by atoms with Crippen molar-refractivity contribution in [3.8, 4) is 17.2 Å². The molecule has 0 aliphatic heterocycles. The fourth-order valence-corrected chi connectivity index (χ4v) is 2.68. The Hall–Kier alpha value is -3.68. The van der Waals surface area contributed by atoms with Crippen molar-refractivity contribution in [2.45, 2.75) is 26.9 Å². The molecule has 2 aromatic carbocycles. The zero-order chi connectivity index (χ0) is 21.5. The molecule has 8 heteroatoms. The highest BCUT2D eigenvalue weighted by Crippen LogP contribution is 2.22. The quantitative estimate of drug-likeness (QED) is 0.568. The summed E-state index contributed by atoms with van der Waals surface area (Å²) in [4.78, 5) is 24.5. The first kappa shape index (κ1) is 21.0. The van der Waals surface area contributed by atoms with Gasteiger partial charge in [0.15, 0.2) is 6.10 Å². The highest BCUT2D eigenvalue weighted by Gasteiger charge is 2.20. The highest BCUT2D eigenvalue weighted by atomic mass is 16.6. The number of hydrogen-bond donors (Lipinski definition) is 1. The summed E-state index contributed by atoms with van der Waals surface area (Å²) in [6.45, 7) is 5.56. The maximum absolute atomic E-state index is 12.3. The van der Waals surface area contributed by atoms with Crippen molar-refractivity contribution in [3.05, 3.63) is 65.5 Å². The van der Waals surface area contributed by atoms with E-state index in [1.54, 1.807) is 31.2 Å². The number of aryl methyl sites for hydroxylation is 1. The molecule has 3 aromatic rings. The molecule has 8 nitrogen and oxygen atoms in total. The molecule has 30 heavy (non-hydrogen) atoms. The molecular weight excluding hydrogens is 386 g/mol. The molecule has 1 heterocycles. The molecule has 0 radical (unpaired) electrons. The maximum atomic E-state index is 12.3. The smallest absolute Gasteiger partial charge is 0.326 e. The number of benzene rings is 2. The van der Waals surface area contributed by atoms with Crippen LogP contribution in [-0.2, 0) is 9.53 Å². The van der Waals surface area contributed by atoms with Crippen molar-refractivity contribution in [1.29, 1.82) is 0 Å². The van der Waals surface area contributed by atoms with Crippen LogP contribution in [0.25, 0.3) is 11.5 Å². The lowest BCUT2D eigenvalue weighted by molar-refractivity contribution is -0.148. The van der Waals surface area contributed by atoms with Gasteiger partial charge in [-0.15, -0.1) is 10.2 Å². The molecule has 0 saturated carbocycles. The first-order chi connectivity index (χ1) is 14.5. The SMILES string of the molecule is CCOc1ccccc1C(=O)NCC(=O)O[C@H](C)c1nnc(-c2ccc(C)cc2)o1. The number of aromatic nitrogens is 2. The molecule has 0 spiro atoms. The van der Waals surface area contributed by atoms with Gasteiger partial charge in [-0.25, -0.2) is 0 Å². The third-order valence-electron chi connectivity index (χ3n) is 4.22. The van der Waals surface area contributed by atoms with Crippen LogP contribution in [0, 0.1) is 6.92 Å². The largest absolute Gasteiger partial charge is 0.493 e. The van der Waals surface area contributed by atoms with E-state index < -0.39 is 18.0 Å². The van der Waals surface area contributed by atoms with Crippen molar-refractivity contribution < 1.29 is 23.5 Å². The normalized spacial score (nSPS) is 11.6. The molecule has 1 aromatic heterocycles. The van der Waals surface area contributed by atoms with Crippen LogP contribution in [0.1, 0.15) is 41.8 Å². The number of carbonyl (C=O) groups excluding carboxylic acids is 2. The van der Waals surface area contributed by atoms with E-state index in [9.17, 15) is 9.59 Å². The van der Waals surface area contributed by atoms with Gasteiger partial charge >= 0.3 is 5.97 Å². The number of hydrogen-bond acceptors (Lipinski definition) is 7. The molecule has 156 valence electrons. The average molecular weight is 409 g/mol. The summed E-state index contributed by atoms with van der Waals surface area (Å²) >= 11 is 0. The van der Waals surface area contributed by atoms with Crippen LogP contribution in [0.4, 0.5) is 0 Å². The minimum absolute atomic E-state index is 0.173. The first-order valence-electron chi connectivity index (χ1n) is 9.58. The molecule has 1 atom stereocenters. The Balaban J connectivity index is 1.55. The third kappa shape index (κ3) is 5.22. The predicted octanol–water partition coefficient (Wildman–Crippen LogP) is 3.48.